The van der Waals surface area contributed by atoms with Gasteiger partial charge in [-0.05, 0) is 54.8 Å². The van der Waals surface area contributed by atoms with Gasteiger partial charge in [0.15, 0.2) is 0 Å². The minimum Gasteiger partial charge on any atom is -0.310 e. The SMILES string of the molecule is c1ccc(CCNC2CCCc3sccc32)cc1. The summed E-state index contributed by atoms with van der Waals surface area (Å²) in [5.41, 5.74) is 2.98. The van der Waals surface area contributed by atoms with Crippen molar-refractivity contribution in [1.29, 1.82) is 0 Å². The molecule has 1 aromatic heterocycles. The molecule has 0 aliphatic heterocycles. The van der Waals surface area contributed by atoms with Crippen molar-refractivity contribution in [2.45, 2.75) is 31.7 Å². The summed E-state index contributed by atoms with van der Waals surface area (Å²) in [5, 5.41) is 5.96. The van der Waals surface area contributed by atoms with E-state index in [0.717, 1.165) is 13.0 Å². The van der Waals surface area contributed by atoms with E-state index in [4.69, 9.17) is 0 Å². The molecule has 1 aliphatic rings. The Morgan fingerprint density at radius 2 is 2.06 bits per heavy atom. The Hall–Kier alpha value is -1.12. The molecular weight excluding hydrogens is 238 g/mol. The highest BCUT2D eigenvalue weighted by atomic mass is 32.1. The topological polar surface area (TPSA) is 12.0 Å². The van der Waals surface area contributed by atoms with Crippen molar-refractivity contribution in [3.05, 3.63) is 57.8 Å². The van der Waals surface area contributed by atoms with E-state index in [9.17, 15) is 0 Å². The van der Waals surface area contributed by atoms with Gasteiger partial charge in [0.25, 0.3) is 0 Å². The smallest absolute Gasteiger partial charge is 0.0331 e. The first-order valence-electron chi connectivity index (χ1n) is 6.77. The van der Waals surface area contributed by atoms with Crippen LogP contribution in [-0.4, -0.2) is 6.54 Å². The van der Waals surface area contributed by atoms with Gasteiger partial charge >= 0.3 is 0 Å². The van der Waals surface area contributed by atoms with Gasteiger partial charge in [-0.15, -0.1) is 11.3 Å². The van der Waals surface area contributed by atoms with E-state index in [2.05, 4.69) is 47.1 Å². The molecule has 1 atom stereocenters. The Labute approximate surface area is 113 Å². The summed E-state index contributed by atoms with van der Waals surface area (Å²) >= 11 is 1.92. The van der Waals surface area contributed by atoms with Crippen molar-refractivity contribution in [3.63, 3.8) is 0 Å². The lowest BCUT2D eigenvalue weighted by Crippen LogP contribution is -2.26. The lowest BCUT2D eigenvalue weighted by molar-refractivity contribution is 0.467. The van der Waals surface area contributed by atoms with Crippen LogP contribution in [0.1, 0.15) is 34.9 Å². The van der Waals surface area contributed by atoms with E-state index in [0.29, 0.717) is 6.04 Å². The van der Waals surface area contributed by atoms with Crippen LogP contribution in [0.15, 0.2) is 41.8 Å². The Morgan fingerprint density at radius 3 is 2.94 bits per heavy atom. The van der Waals surface area contributed by atoms with E-state index >= 15 is 0 Å². The fourth-order valence-electron chi connectivity index (χ4n) is 2.73. The number of benzene rings is 1. The molecule has 0 bridgehead atoms. The highest BCUT2D eigenvalue weighted by Gasteiger charge is 2.20. The molecule has 0 fully saturated rings. The third-order valence-electron chi connectivity index (χ3n) is 3.70. The molecule has 0 saturated heterocycles. The first-order chi connectivity index (χ1) is 8.93. The highest BCUT2D eigenvalue weighted by molar-refractivity contribution is 7.10. The molecule has 18 heavy (non-hydrogen) atoms. The number of thiophene rings is 1. The van der Waals surface area contributed by atoms with Gasteiger partial charge < -0.3 is 5.32 Å². The minimum absolute atomic E-state index is 0.587. The van der Waals surface area contributed by atoms with E-state index in [1.165, 1.54) is 24.8 Å². The average molecular weight is 257 g/mol. The van der Waals surface area contributed by atoms with Crippen molar-refractivity contribution in [3.8, 4) is 0 Å². The molecule has 0 radical (unpaired) electrons. The van der Waals surface area contributed by atoms with Crippen LogP contribution in [0.2, 0.25) is 0 Å². The number of hydrogen-bond acceptors (Lipinski definition) is 2. The first-order valence-corrected chi connectivity index (χ1v) is 7.65. The van der Waals surface area contributed by atoms with Crippen molar-refractivity contribution >= 4 is 11.3 Å². The number of nitrogens with one attached hydrogen (secondary N) is 1. The second kappa shape index (κ2) is 5.68. The molecule has 2 heteroatoms. The summed E-state index contributed by atoms with van der Waals surface area (Å²) in [6.07, 6.45) is 5.02. The van der Waals surface area contributed by atoms with Gasteiger partial charge in [-0.3, -0.25) is 0 Å². The van der Waals surface area contributed by atoms with Crippen LogP contribution in [0, 0.1) is 0 Å². The van der Waals surface area contributed by atoms with Crippen LogP contribution in [0.5, 0.6) is 0 Å². The van der Waals surface area contributed by atoms with Gasteiger partial charge in [0, 0.05) is 10.9 Å². The molecule has 1 aliphatic carbocycles. The van der Waals surface area contributed by atoms with Crippen LogP contribution in [0.4, 0.5) is 0 Å². The Bertz CT molecular complexity index is 489. The fraction of sp³-hybridized carbons (Fsp3) is 0.375. The average Bonchev–Trinajstić information content (AvgIpc) is 2.89. The lowest BCUT2D eigenvalue weighted by Gasteiger charge is -2.23. The van der Waals surface area contributed by atoms with Crippen molar-refractivity contribution in [1.82, 2.24) is 5.32 Å². The molecule has 2 aromatic rings. The third kappa shape index (κ3) is 2.65. The Morgan fingerprint density at radius 1 is 1.17 bits per heavy atom. The molecule has 1 unspecified atom stereocenters. The Kier molecular flexibility index (Phi) is 3.77. The van der Waals surface area contributed by atoms with Gasteiger partial charge in [0.2, 0.25) is 0 Å². The zero-order valence-electron chi connectivity index (χ0n) is 10.6. The maximum Gasteiger partial charge on any atom is 0.0331 e. The minimum atomic E-state index is 0.587. The summed E-state index contributed by atoms with van der Waals surface area (Å²) in [4.78, 5) is 1.60. The van der Waals surface area contributed by atoms with Crippen LogP contribution < -0.4 is 5.32 Å². The summed E-state index contributed by atoms with van der Waals surface area (Å²) in [5.74, 6) is 0. The fourth-order valence-corrected chi connectivity index (χ4v) is 3.72. The number of aryl methyl sites for hydroxylation is 1. The van der Waals surface area contributed by atoms with Gasteiger partial charge in [0.05, 0.1) is 0 Å². The third-order valence-corrected chi connectivity index (χ3v) is 4.70. The quantitative estimate of drug-likeness (QED) is 0.874. The van der Waals surface area contributed by atoms with E-state index in [1.807, 2.05) is 11.3 Å². The van der Waals surface area contributed by atoms with Crippen LogP contribution in [-0.2, 0) is 12.8 Å². The van der Waals surface area contributed by atoms with Crippen molar-refractivity contribution in [2.75, 3.05) is 6.54 Å². The van der Waals surface area contributed by atoms with Crippen LogP contribution in [0.25, 0.3) is 0 Å². The molecule has 0 spiro atoms. The Balaban J connectivity index is 1.56. The zero-order valence-corrected chi connectivity index (χ0v) is 11.4. The molecule has 1 nitrogen and oxygen atoms in total. The number of rotatable bonds is 4. The van der Waals surface area contributed by atoms with Crippen LogP contribution >= 0.6 is 11.3 Å². The molecule has 1 heterocycles. The molecule has 94 valence electrons. The largest absolute Gasteiger partial charge is 0.310 e. The first kappa shape index (κ1) is 11.9. The normalized spacial score (nSPS) is 18.6. The van der Waals surface area contributed by atoms with E-state index in [-0.39, 0.29) is 0 Å². The number of fused-ring (bicyclic) bond motifs is 1. The molecule has 1 aromatic carbocycles. The van der Waals surface area contributed by atoms with Crippen molar-refractivity contribution < 1.29 is 0 Å². The summed E-state index contributed by atoms with van der Waals surface area (Å²) < 4.78 is 0. The summed E-state index contributed by atoms with van der Waals surface area (Å²) in [7, 11) is 0. The zero-order chi connectivity index (χ0) is 12.2. The maximum atomic E-state index is 3.72. The molecule has 0 saturated carbocycles. The second-order valence-electron chi connectivity index (χ2n) is 4.93. The number of hydrogen-bond donors (Lipinski definition) is 1. The predicted molar refractivity (Wildman–Crippen MR) is 78.1 cm³/mol. The summed E-state index contributed by atoms with van der Waals surface area (Å²) in [6.45, 7) is 1.07. The predicted octanol–water partition coefficient (Wildman–Crippen LogP) is 3.96. The maximum absolute atomic E-state index is 3.72. The molecular formula is C16H19NS. The van der Waals surface area contributed by atoms with Crippen molar-refractivity contribution in [2.24, 2.45) is 0 Å². The lowest BCUT2D eigenvalue weighted by atomic mass is 9.94. The van der Waals surface area contributed by atoms with Gasteiger partial charge in [-0.25, -0.2) is 0 Å². The standard InChI is InChI=1S/C16H19NS/c1-2-5-13(6-3-1)9-11-17-15-7-4-8-16-14(15)10-12-18-16/h1-3,5-6,10,12,15,17H,4,7-9,11H2. The monoisotopic (exact) mass is 257 g/mol. The van der Waals surface area contributed by atoms with E-state index < -0.39 is 0 Å². The van der Waals surface area contributed by atoms with Crippen LogP contribution in [0.3, 0.4) is 0 Å². The van der Waals surface area contributed by atoms with Gasteiger partial charge in [0.1, 0.15) is 0 Å². The molecule has 0 amide bonds. The summed E-state index contributed by atoms with van der Waals surface area (Å²) in [6, 6.07) is 13.6. The van der Waals surface area contributed by atoms with Gasteiger partial charge in [-0.1, -0.05) is 30.3 Å². The molecule has 1 N–H and O–H groups in total. The second-order valence-corrected chi connectivity index (χ2v) is 5.93. The van der Waals surface area contributed by atoms with E-state index in [1.54, 1.807) is 10.4 Å². The van der Waals surface area contributed by atoms with Gasteiger partial charge in [-0.2, -0.15) is 0 Å². The highest BCUT2D eigenvalue weighted by Crippen LogP contribution is 2.33. The molecule has 3 rings (SSSR count).